The van der Waals surface area contributed by atoms with Crippen LogP contribution in [0.3, 0.4) is 0 Å². The highest BCUT2D eigenvalue weighted by Crippen LogP contribution is 2.27. The second-order valence-corrected chi connectivity index (χ2v) is 6.22. The molecule has 1 aromatic carbocycles. The van der Waals surface area contributed by atoms with Crippen LogP contribution in [0.4, 0.5) is 0 Å². The van der Waals surface area contributed by atoms with Gasteiger partial charge in [-0.1, -0.05) is 32.0 Å². The SMILES string of the molecule is CCOCc1c(C(=O)OCC(=O)N[C@@H](C)C(C)C)oc2ccccc12. The van der Waals surface area contributed by atoms with Crippen LogP contribution in [0.2, 0.25) is 0 Å². The van der Waals surface area contributed by atoms with Gasteiger partial charge in [-0.15, -0.1) is 0 Å². The van der Waals surface area contributed by atoms with Crippen LogP contribution in [0.5, 0.6) is 0 Å². The van der Waals surface area contributed by atoms with Crippen LogP contribution in [0.25, 0.3) is 11.0 Å². The van der Waals surface area contributed by atoms with E-state index in [0.29, 0.717) is 23.7 Å². The molecule has 1 amide bonds. The van der Waals surface area contributed by atoms with Crippen molar-refractivity contribution in [3.8, 4) is 0 Å². The molecule has 1 aromatic heterocycles. The number of amides is 1. The molecule has 0 unspecified atom stereocenters. The summed E-state index contributed by atoms with van der Waals surface area (Å²) in [6.45, 7) is 8.21. The Hall–Kier alpha value is -2.34. The van der Waals surface area contributed by atoms with Gasteiger partial charge in [0.25, 0.3) is 5.91 Å². The molecule has 2 aromatic rings. The van der Waals surface area contributed by atoms with Gasteiger partial charge in [-0.05, 0) is 25.8 Å². The first-order chi connectivity index (χ1) is 11.9. The Morgan fingerprint density at radius 3 is 2.60 bits per heavy atom. The van der Waals surface area contributed by atoms with Gasteiger partial charge in [-0.3, -0.25) is 4.79 Å². The molecule has 0 saturated heterocycles. The fourth-order valence-corrected chi connectivity index (χ4v) is 2.27. The van der Waals surface area contributed by atoms with E-state index in [9.17, 15) is 9.59 Å². The molecule has 1 heterocycles. The van der Waals surface area contributed by atoms with Crippen molar-refractivity contribution in [2.75, 3.05) is 13.2 Å². The number of fused-ring (bicyclic) bond motifs is 1. The van der Waals surface area contributed by atoms with Crippen LogP contribution in [0, 0.1) is 5.92 Å². The molecule has 0 radical (unpaired) electrons. The Balaban J connectivity index is 2.09. The zero-order valence-electron chi connectivity index (χ0n) is 15.1. The van der Waals surface area contributed by atoms with Crippen LogP contribution in [0.15, 0.2) is 28.7 Å². The van der Waals surface area contributed by atoms with Crippen molar-refractivity contribution < 1.29 is 23.5 Å². The number of carbonyl (C=O) groups excluding carboxylic acids is 2. The number of furan rings is 1. The summed E-state index contributed by atoms with van der Waals surface area (Å²) in [4.78, 5) is 24.3. The van der Waals surface area contributed by atoms with E-state index in [-0.39, 0.29) is 30.9 Å². The van der Waals surface area contributed by atoms with Gasteiger partial charge in [0.15, 0.2) is 6.61 Å². The molecule has 0 spiro atoms. The molecule has 0 fully saturated rings. The van der Waals surface area contributed by atoms with Crippen LogP contribution < -0.4 is 5.32 Å². The van der Waals surface area contributed by atoms with Gasteiger partial charge in [-0.2, -0.15) is 0 Å². The van der Waals surface area contributed by atoms with Crippen molar-refractivity contribution in [3.05, 3.63) is 35.6 Å². The summed E-state index contributed by atoms with van der Waals surface area (Å²) >= 11 is 0. The molecule has 1 atom stereocenters. The number of hydrogen-bond donors (Lipinski definition) is 1. The van der Waals surface area contributed by atoms with E-state index in [2.05, 4.69) is 5.32 Å². The fraction of sp³-hybridized carbons (Fsp3) is 0.474. The zero-order valence-corrected chi connectivity index (χ0v) is 15.1. The van der Waals surface area contributed by atoms with Gasteiger partial charge < -0.3 is 19.2 Å². The first-order valence-electron chi connectivity index (χ1n) is 8.48. The van der Waals surface area contributed by atoms with E-state index in [1.165, 1.54) is 0 Å². The van der Waals surface area contributed by atoms with Gasteiger partial charge in [-0.25, -0.2) is 4.79 Å². The minimum atomic E-state index is -0.668. The summed E-state index contributed by atoms with van der Waals surface area (Å²) in [6.07, 6.45) is 0. The highest BCUT2D eigenvalue weighted by Gasteiger charge is 2.23. The molecule has 6 nitrogen and oxygen atoms in total. The Morgan fingerprint density at radius 1 is 1.20 bits per heavy atom. The van der Waals surface area contributed by atoms with E-state index in [1.54, 1.807) is 6.07 Å². The minimum absolute atomic E-state index is 0.00548. The summed E-state index contributed by atoms with van der Waals surface area (Å²) in [6, 6.07) is 7.33. The topological polar surface area (TPSA) is 77.8 Å². The predicted octanol–water partition coefficient (Wildman–Crippen LogP) is 3.29. The summed E-state index contributed by atoms with van der Waals surface area (Å²) in [5.41, 5.74) is 1.22. The lowest BCUT2D eigenvalue weighted by molar-refractivity contribution is -0.125. The monoisotopic (exact) mass is 347 g/mol. The quantitative estimate of drug-likeness (QED) is 0.742. The van der Waals surface area contributed by atoms with Crippen LogP contribution in [-0.4, -0.2) is 31.1 Å². The van der Waals surface area contributed by atoms with Gasteiger partial charge in [0.1, 0.15) is 5.58 Å². The van der Waals surface area contributed by atoms with Crippen molar-refractivity contribution >= 4 is 22.8 Å². The van der Waals surface area contributed by atoms with Gasteiger partial charge in [0.05, 0.1) is 6.61 Å². The van der Waals surface area contributed by atoms with Gasteiger partial charge >= 0.3 is 5.97 Å². The number of hydrogen-bond acceptors (Lipinski definition) is 5. The number of esters is 1. The average Bonchev–Trinajstić information content (AvgIpc) is 2.96. The lowest BCUT2D eigenvalue weighted by Gasteiger charge is -2.17. The molecule has 0 aliphatic heterocycles. The molecular weight excluding hydrogens is 322 g/mol. The van der Waals surface area contributed by atoms with E-state index >= 15 is 0 Å². The summed E-state index contributed by atoms with van der Waals surface area (Å²) in [5.74, 6) is -0.623. The van der Waals surface area contributed by atoms with Crippen molar-refractivity contribution in [1.29, 1.82) is 0 Å². The maximum Gasteiger partial charge on any atom is 0.375 e. The highest BCUT2D eigenvalue weighted by molar-refractivity contribution is 5.96. The van der Waals surface area contributed by atoms with Crippen LogP contribution in [0.1, 0.15) is 43.8 Å². The first-order valence-corrected chi connectivity index (χ1v) is 8.48. The van der Waals surface area contributed by atoms with Gasteiger partial charge in [0.2, 0.25) is 5.76 Å². The Bertz CT molecular complexity index is 734. The molecule has 136 valence electrons. The third kappa shape index (κ3) is 4.82. The van der Waals surface area contributed by atoms with Crippen molar-refractivity contribution in [1.82, 2.24) is 5.32 Å². The molecular formula is C19H25NO5. The van der Waals surface area contributed by atoms with E-state index in [4.69, 9.17) is 13.9 Å². The molecule has 25 heavy (non-hydrogen) atoms. The van der Waals surface area contributed by atoms with E-state index in [1.807, 2.05) is 45.9 Å². The third-order valence-electron chi connectivity index (χ3n) is 4.06. The number of carbonyl (C=O) groups is 2. The Morgan fingerprint density at radius 2 is 1.92 bits per heavy atom. The smallest absolute Gasteiger partial charge is 0.375 e. The Kier molecular flexibility index (Phi) is 6.58. The highest BCUT2D eigenvalue weighted by atomic mass is 16.5. The second kappa shape index (κ2) is 8.67. The largest absolute Gasteiger partial charge is 0.450 e. The molecule has 0 aliphatic rings. The fourth-order valence-electron chi connectivity index (χ4n) is 2.27. The normalized spacial score (nSPS) is 12.4. The van der Waals surface area contributed by atoms with Crippen molar-refractivity contribution in [2.45, 2.75) is 40.3 Å². The Labute approximate surface area is 147 Å². The molecule has 0 saturated carbocycles. The third-order valence-corrected chi connectivity index (χ3v) is 4.06. The van der Waals surface area contributed by atoms with E-state index < -0.39 is 5.97 Å². The summed E-state index contributed by atoms with van der Waals surface area (Å²) in [5, 5.41) is 3.60. The zero-order chi connectivity index (χ0) is 18.4. The number of para-hydroxylation sites is 1. The van der Waals surface area contributed by atoms with E-state index in [0.717, 1.165) is 5.39 Å². The predicted molar refractivity (Wildman–Crippen MR) is 94.3 cm³/mol. The lowest BCUT2D eigenvalue weighted by Crippen LogP contribution is -2.38. The van der Waals surface area contributed by atoms with Crippen molar-refractivity contribution in [3.63, 3.8) is 0 Å². The summed E-state index contributed by atoms with van der Waals surface area (Å²) in [7, 11) is 0. The number of benzene rings is 1. The first kappa shape index (κ1) is 19.0. The molecule has 0 aliphatic carbocycles. The van der Waals surface area contributed by atoms with Crippen LogP contribution in [-0.2, 0) is 20.9 Å². The minimum Gasteiger partial charge on any atom is -0.450 e. The molecule has 6 heteroatoms. The molecule has 2 rings (SSSR count). The second-order valence-electron chi connectivity index (χ2n) is 6.22. The average molecular weight is 347 g/mol. The molecule has 1 N–H and O–H groups in total. The number of ether oxygens (including phenoxy) is 2. The van der Waals surface area contributed by atoms with Crippen molar-refractivity contribution in [2.24, 2.45) is 5.92 Å². The number of nitrogens with one attached hydrogen (secondary N) is 1. The standard InChI is InChI=1S/C19H25NO5/c1-5-23-10-15-14-8-6-7-9-16(14)25-18(15)19(22)24-11-17(21)20-13(4)12(2)3/h6-9,12-13H,5,10-11H2,1-4H3,(H,20,21)/t13-/m0/s1. The maximum atomic E-state index is 12.4. The van der Waals surface area contributed by atoms with Gasteiger partial charge in [0, 0.05) is 23.6 Å². The van der Waals surface area contributed by atoms with Crippen LogP contribution >= 0.6 is 0 Å². The lowest BCUT2D eigenvalue weighted by atomic mass is 10.1. The summed E-state index contributed by atoms with van der Waals surface area (Å²) < 4.78 is 16.2. The molecule has 0 bridgehead atoms. The number of rotatable bonds is 8. The maximum absolute atomic E-state index is 12.4.